The van der Waals surface area contributed by atoms with Crippen molar-refractivity contribution in [2.45, 2.75) is 24.3 Å². The summed E-state index contributed by atoms with van der Waals surface area (Å²) in [6.45, 7) is -0.860. The largest absolute Gasteiger partial charge is 0.573 e. The van der Waals surface area contributed by atoms with Crippen LogP contribution in [0.1, 0.15) is 17.7 Å². The summed E-state index contributed by atoms with van der Waals surface area (Å²) in [5.74, 6) is -1.43. The van der Waals surface area contributed by atoms with Crippen molar-refractivity contribution in [2.24, 2.45) is 7.05 Å². The second-order valence-corrected chi connectivity index (χ2v) is 11.6. The molecular formula is C28H21F6N5O4S. The number of hydrogen-bond acceptors (Lipinski definition) is 7. The van der Waals surface area contributed by atoms with Gasteiger partial charge in [-0.3, -0.25) is 4.68 Å². The Morgan fingerprint density at radius 2 is 1.64 bits per heavy atom. The average Bonchev–Trinajstić information content (AvgIpc) is 3.58. The first kappa shape index (κ1) is 30.7. The molecule has 9 nitrogen and oxygen atoms in total. The minimum absolute atomic E-state index is 0.113. The van der Waals surface area contributed by atoms with Crippen LogP contribution in [0.25, 0.3) is 39.3 Å². The third kappa shape index (κ3) is 6.16. The van der Waals surface area contributed by atoms with Crippen LogP contribution in [0, 0.1) is 5.82 Å². The Balaban J connectivity index is 1.71. The van der Waals surface area contributed by atoms with Gasteiger partial charge in [-0.15, -0.1) is 18.3 Å². The number of sulfone groups is 1. The Labute approximate surface area is 245 Å². The zero-order valence-electron chi connectivity index (χ0n) is 22.7. The second kappa shape index (κ2) is 11.4. The van der Waals surface area contributed by atoms with Gasteiger partial charge >= 0.3 is 6.36 Å². The van der Waals surface area contributed by atoms with E-state index in [1.807, 2.05) is 0 Å². The minimum Gasteiger partial charge on any atom is -0.406 e. The summed E-state index contributed by atoms with van der Waals surface area (Å²) >= 11 is 0. The van der Waals surface area contributed by atoms with Crippen LogP contribution in [0.5, 0.6) is 5.75 Å². The highest BCUT2D eigenvalue weighted by Crippen LogP contribution is 2.37. The number of aromatic nitrogens is 5. The number of aryl methyl sites for hydroxylation is 1. The molecule has 0 fully saturated rings. The Bertz CT molecular complexity index is 1950. The summed E-state index contributed by atoms with van der Waals surface area (Å²) in [4.78, 5) is -0.420. The molecule has 16 heteroatoms. The zero-order chi connectivity index (χ0) is 32.0. The fourth-order valence-corrected chi connectivity index (χ4v) is 5.60. The summed E-state index contributed by atoms with van der Waals surface area (Å²) < 4.78 is 111. The molecule has 0 spiro atoms. The quantitative estimate of drug-likeness (QED) is 0.212. The zero-order valence-corrected chi connectivity index (χ0v) is 23.5. The van der Waals surface area contributed by atoms with Crippen LogP contribution in [0.15, 0.2) is 71.8 Å². The van der Waals surface area contributed by atoms with Gasteiger partial charge in [0.15, 0.2) is 9.84 Å². The molecule has 0 aliphatic carbocycles. The third-order valence-corrected chi connectivity index (χ3v) is 7.77. The smallest absolute Gasteiger partial charge is 0.406 e. The lowest BCUT2D eigenvalue weighted by atomic mass is 9.99. The molecule has 3 aromatic carbocycles. The molecule has 2 heterocycles. The first-order valence-electron chi connectivity index (χ1n) is 12.5. The van der Waals surface area contributed by atoms with Crippen molar-refractivity contribution in [1.29, 1.82) is 0 Å². The summed E-state index contributed by atoms with van der Waals surface area (Å²) in [7, 11) is -2.52. The monoisotopic (exact) mass is 637 g/mol. The predicted octanol–water partition coefficient (Wildman–Crippen LogP) is 5.87. The predicted molar refractivity (Wildman–Crippen MR) is 145 cm³/mol. The number of ether oxygens (including phenoxy) is 1. The van der Waals surface area contributed by atoms with Gasteiger partial charge in [0.05, 0.1) is 34.8 Å². The number of aliphatic hydroxyl groups is 1. The molecule has 0 aliphatic rings. The summed E-state index contributed by atoms with van der Waals surface area (Å²) in [5, 5.41) is 21.5. The van der Waals surface area contributed by atoms with E-state index in [0.29, 0.717) is 11.1 Å². The van der Waals surface area contributed by atoms with Crippen LogP contribution in [0.3, 0.4) is 0 Å². The van der Waals surface area contributed by atoms with Crippen LogP contribution in [-0.2, 0) is 23.5 Å². The van der Waals surface area contributed by atoms with Gasteiger partial charge in [-0.25, -0.2) is 26.3 Å². The van der Waals surface area contributed by atoms with Gasteiger partial charge in [0.25, 0.3) is 6.43 Å². The molecular weight excluding hydrogens is 616 g/mol. The van der Waals surface area contributed by atoms with Crippen molar-refractivity contribution >= 4 is 9.84 Å². The van der Waals surface area contributed by atoms with Crippen LogP contribution in [0.4, 0.5) is 26.3 Å². The van der Waals surface area contributed by atoms with Gasteiger partial charge in [-0.1, -0.05) is 17.3 Å². The summed E-state index contributed by atoms with van der Waals surface area (Å²) in [6.07, 6.45) is -5.58. The van der Waals surface area contributed by atoms with E-state index in [1.165, 1.54) is 65.1 Å². The molecule has 0 saturated heterocycles. The number of nitrogens with zero attached hydrogens (tertiary/aromatic N) is 5. The molecule has 0 saturated carbocycles. The summed E-state index contributed by atoms with van der Waals surface area (Å²) in [5.41, 5.74) is 0.877. The lowest BCUT2D eigenvalue weighted by molar-refractivity contribution is -0.274. The van der Waals surface area contributed by atoms with Crippen LogP contribution in [-0.4, -0.2) is 50.9 Å². The first-order valence-corrected chi connectivity index (χ1v) is 14.4. The van der Waals surface area contributed by atoms with Gasteiger partial charge in [0.1, 0.15) is 17.3 Å². The Hall–Kier alpha value is -4.70. The normalized spacial score (nSPS) is 12.2. The van der Waals surface area contributed by atoms with Gasteiger partial charge in [0.2, 0.25) is 0 Å². The van der Waals surface area contributed by atoms with Crippen LogP contribution < -0.4 is 4.74 Å². The highest BCUT2D eigenvalue weighted by Gasteiger charge is 2.31. The van der Waals surface area contributed by atoms with E-state index in [0.717, 1.165) is 24.5 Å². The maximum absolute atomic E-state index is 15.0. The second-order valence-electron chi connectivity index (χ2n) is 9.58. The molecule has 1 N–H and O–H groups in total. The van der Waals surface area contributed by atoms with E-state index in [9.17, 15) is 39.9 Å². The van der Waals surface area contributed by atoms with Crippen molar-refractivity contribution in [3.63, 3.8) is 0 Å². The van der Waals surface area contributed by atoms with E-state index in [-0.39, 0.29) is 28.2 Å². The maximum Gasteiger partial charge on any atom is 0.573 e. The number of alkyl halides is 5. The number of rotatable bonds is 8. The average molecular weight is 638 g/mol. The van der Waals surface area contributed by atoms with Crippen molar-refractivity contribution < 1.29 is 44.6 Å². The molecule has 5 rings (SSSR count). The number of hydrogen-bond donors (Lipinski definition) is 1. The Morgan fingerprint density at radius 1 is 0.955 bits per heavy atom. The van der Waals surface area contributed by atoms with Crippen molar-refractivity contribution in [3.8, 4) is 45.1 Å². The molecule has 0 atom stereocenters. The standard InChI is InChI=1S/C28H21F6N5O4S/c1-38-23(12-22(36-38)27(30)31)19-8-5-16(17-9-21(29)20(14-40)26(11-17)44(2,41)42)10-24(19)39-25(13-35-37-39)15-3-6-18(7-4-15)43-28(32,33)34/h3-13,27,40H,14H2,1-2H3. The van der Waals surface area contributed by atoms with Gasteiger partial charge in [-0.05, 0) is 59.7 Å². The van der Waals surface area contributed by atoms with E-state index >= 15 is 0 Å². The SMILES string of the molecule is Cn1nc(C(F)F)cc1-c1ccc(-c2cc(F)c(CO)c(S(C)(=O)=O)c2)cc1-n1nncc1-c1ccc(OC(F)(F)F)cc1. The van der Waals surface area contributed by atoms with Crippen LogP contribution >= 0.6 is 0 Å². The van der Waals surface area contributed by atoms with Crippen LogP contribution in [0.2, 0.25) is 0 Å². The van der Waals surface area contributed by atoms with Gasteiger partial charge in [-0.2, -0.15) is 5.10 Å². The topological polar surface area (TPSA) is 112 Å². The first-order chi connectivity index (χ1) is 20.7. The molecule has 0 unspecified atom stereocenters. The van der Waals surface area contributed by atoms with Crippen molar-refractivity contribution in [2.75, 3.05) is 6.26 Å². The lowest BCUT2D eigenvalue weighted by Crippen LogP contribution is -2.16. The van der Waals surface area contributed by atoms with E-state index in [1.54, 1.807) is 0 Å². The van der Waals surface area contributed by atoms with Crippen molar-refractivity contribution in [3.05, 3.63) is 83.9 Å². The molecule has 230 valence electrons. The minimum atomic E-state index is -4.90. The fourth-order valence-electron chi connectivity index (χ4n) is 4.65. The molecule has 5 aromatic rings. The Morgan fingerprint density at radius 3 is 2.23 bits per heavy atom. The fraction of sp³-hybridized carbons (Fsp3) is 0.179. The van der Waals surface area contributed by atoms with E-state index in [2.05, 4.69) is 20.1 Å². The maximum atomic E-state index is 15.0. The summed E-state index contributed by atoms with van der Waals surface area (Å²) in [6, 6.07) is 12.8. The lowest BCUT2D eigenvalue weighted by Gasteiger charge is -2.16. The Kier molecular flexibility index (Phi) is 7.98. The van der Waals surface area contributed by atoms with Crippen molar-refractivity contribution in [1.82, 2.24) is 24.8 Å². The molecule has 0 amide bonds. The molecule has 0 radical (unpaired) electrons. The molecule has 2 aromatic heterocycles. The number of aliphatic hydroxyl groups excluding tert-OH is 1. The number of halogens is 6. The molecule has 0 bridgehead atoms. The molecule has 0 aliphatic heterocycles. The molecule has 44 heavy (non-hydrogen) atoms. The third-order valence-electron chi connectivity index (χ3n) is 6.60. The number of benzene rings is 3. The highest BCUT2D eigenvalue weighted by atomic mass is 32.2. The highest BCUT2D eigenvalue weighted by molar-refractivity contribution is 7.90. The van der Waals surface area contributed by atoms with Gasteiger partial charge < -0.3 is 9.84 Å². The van der Waals surface area contributed by atoms with E-state index in [4.69, 9.17) is 0 Å². The van der Waals surface area contributed by atoms with E-state index < -0.39 is 57.0 Å². The van der Waals surface area contributed by atoms with Gasteiger partial charge in [0, 0.05) is 30.0 Å².